The van der Waals surface area contributed by atoms with Crippen LogP contribution in [0.15, 0.2) is 59.4 Å². The zero-order valence-corrected chi connectivity index (χ0v) is 12.7. The Morgan fingerprint density at radius 3 is 2.54 bits per heavy atom. The second-order valence-electron chi connectivity index (χ2n) is 5.36. The first-order chi connectivity index (χ1) is 11.8. The number of hydrazine groups is 1. The first kappa shape index (κ1) is 14.3. The van der Waals surface area contributed by atoms with E-state index in [1.165, 1.54) is 4.52 Å². The molecule has 0 bridgehead atoms. The number of hydrogen-bond donors (Lipinski definition) is 2. The zero-order chi connectivity index (χ0) is 16.5. The number of nitrogen functional groups attached to an aromatic ring is 1. The Morgan fingerprint density at radius 1 is 1.00 bits per heavy atom. The van der Waals surface area contributed by atoms with E-state index in [0.29, 0.717) is 28.8 Å². The molecule has 4 rings (SSSR count). The number of anilines is 1. The van der Waals surface area contributed by atoms with Gasteiger partial charge >= 0.3 is 0 Å². The van der Waals surface area contributed by atoms with Crippen LogP contribution in [0, 0.1) is 0 Å². The molecule has 0 spiro atoms. The fourth-order valence-electron chi connectivity index (χ4n) is 2.63. The van der Waals surface area contributed by atoms with Gasteiger partial charge in [0, 0.05) is 6.42 Å². The first-order valence-electron chi connectivity index (χ1n) is 7.45. The molecule has 0 radical (unpaired) electrons. The van der Waals surface area contributed by atoms with Crippen molar-refractivity contribution in [2.24, 2.45) is 5.84 Å². The van der Waals surface area contributed by atoms with Crippen molar-refractivity contribution in [1.29, 1.82) is 0 Å². The Bertz CT molecular complexity index is 1090. The van der Waals surface area contributed by atoms with Crippen molar-refractivity contribution in [3.63, 3.8) is 0 Å². The van der Waals surface area contributed by atoms with Gasteiger partial charge in [-0.15, -0.1) is 0 Å². The van der Waals surface area contributed by atoms with E-state index in [0.717, 1.165) is 5.56 Å². The van der Waals surface area contributed by atoms with Gasteiger partial charge in [-0.1, -0.05) is 42.5 Å². The van der Waals surface area contributed by atoms with Crippen molar-refractivity contribution in [2.75, 3.05) is 5.43 Å². The molecule has 2 aromatic carbocycles. The van der Waals surface area contributed by atoms with Crippen LogP contribution < -0.4 is 16.8 Å². The summed E-state index contributed by atoms with van der Waals surface area (Å²) in [7, 11) is 0. The fraction of sp³-hybridized carbons (Fsp3) is 0.0588. The van der Waals surface area contributed by atoms with Crippen LogP contribution in [-0.2, 0) is 6.42 Å². The summed E-state index contributed by atoms with van der Waals surface area (Å²) in [5.41, 5.74) is 4.50. The average molecular weight is 318 g/mol. The monoisotopic (exact) mass is 318 g/mol. The topological polar surface area (TPSA) is 98.2 Å². The summed E-state index contributed by atoms with van der Waals surface area (Å²) in [4.78, 5) is 21.4. The van der Waals surface area contributed by atoms with Crippen LogP contribution in [-0.4, -0.2) is 19.6 Å². The van der Waals surface area contributed by atoms with Gasteiger partial charge in [0.25, 0.3) is 11.3 Å². The standard InChI is InChI=1S/C17H14N6O/c18-21-15-14(10-11-6-2-1-3-7-11)22-23-16(24)12-8-4-5-9-13(12)19-17(23)20-15/h1-9H,10,18H2,(H,19,20,21). The summed E-state index contributed by atoms with van der Waals surface area (Å²) in [6.07, 6.45) is 0.503. The lowest BCUT2D eigenvalue weighted by atomic mass is 10.1. The molecule has 2 aromatic heterocycles. The van der Waals surface area contributed by atoms with Crippen LogP contribution in [0.3, 0.4) is 0 Å². The lowest BCUT2D eigenvalue weighted by Crippen LogP contribution is -2.23. The largest absolute Gasteiger partial charge is 0.307 e. The summed E-state index contributed by atoms with van der Waals surface area (Å²) in [6.45, 7) is 0. The van der Waals surface area contributed by atoms with Crippen molar-refractivity contribution < 1.29 is 0 Å². The van der Waals surface area contributed by atoms with E-state index in [2.05, 4.69) is 20.5 Å². The molecule has 0 saturated heterocycles. The molecule has 0 aliphatic carbocycles. The van der Waals surface area contributed by atoms with Gasteiger partial charge in [0.1, 0.15) is 5.69 Å². The Labute approximate surface area is 136 Å². The molecule has 7 heteroatoms. The minimum absolute atomic E-state index is 0.212. The molecule has 3 N–H and O–H groups in total. The molecule has 0 aliphatic heterocycles. The normalized spacial score (nSPS) is 11.0. The minimum Gasteiger partial charge on any atom is -0.307 e. The highest BCUT2D eigenvalue weighted by Gasteiger charge is 2.13. The van der Waals surface area contributed by atoms with E-state index in [-0.39, 0.29) is 11.3 Å². The van der Waals surface area contributed by atoms with Gasteiger partial charge in [-0.25, -0.2) is 10.8 Å². The molecule has 7 nitrogen and oxygen atoms in total. The molecule has 0 atom stereocenters. The SMILES string of the molecule is NNc1nc2nc3ccccc3c(=O)n2nc1Cc1ccccc1. The maximum atomic E-state index is 12.7. The molecule has 0 amide bonds. The highest BCUT2D eigenvalue weighted by molar-refractivity contribution is 5.78. The second-order valence-corrected chi connectivity index (χ2v) is 5.36. The number of hydrogen-bond acceptors (Lipinski definition) is 6. The van der Waals surface area contributed by atoms with E-state index in [4.69, 9.17) is 5.84 Å². The van der Waals surface area contributed by atoms with Gasteiger partial charge in [0.05, 0.1) is 10.9 Å². The highest BCUT2D eigenvalue weighted by Crippen LogP contribution is 2.15. The van der Waals surface area contributed by atoms with Gasteiger partial charge in [0.2, 0.25) is 0 Å². The van der Waals surface area contributed by atoms with Gasteiger partial charge < -0.3 is 5.43 Å². The van der Waals surface area contributed by atoms with Crippen LogP contribution in [0.25, 0.3) is 16.7 Å². The summed E-state index contributed by atoms with van der Waals surface area (Å²) in [5, 5.41) is 4.93. The average Bonchev–Trinajstić information content (AvgIpc) is 2.63. The van der Waals surface area contributed by atoms with Crippen LogP contribution in [0.5, 0.6) is 0 Å². The highest BCUT2D eigenvalue weighted by atomic mass is 16.1. The lowest BCUT2D eigenvalue weighted by molar-refractivity contribution is 0.807. The number of nitrogens with two attached hydrogens (primary N) is 1. The molecule has 24 heavy (non-hydrogen) atoms. The zero-order valence-electron chi connectivity index (χ0n) is 12.7. The molecule has 0 aliphatic rings. The van der Waals surface area contributed by atoms with Gasteiger partial charge in [-0.3, -0.25) is 4.79 Å². The number of nitrogens with one attached hydrogen (secondary N) is 1. The van der Waals surface area contributed by atoms with Crippen molar-refractivity contribution in [3.05, 3.63) is 76.2 Å². The molecular formula is C17H14N6O. The lowest BCUT2D eigenvalue weighted by Gasteiger charge is -2.09. The van der Waals surface area contributed by atoms with Crippen molar-refractivity contribution >= 4 is 22.5 Å². The van der Waals surface area contributed by atoms with Gasteiger partial charge in [-0.05, 0) is 17.7 Å². The van der Waals surface area contributed by atoms with E-state index in [9.17, 15) is 4.79 Å². The second kappa shape index (κ2) is 5.71. The fourth-order valence-corrected chi connectivity index (χ4v) is 2.63. The molecule has 4 aromatic rings. The third-order valence-corrected chi connectivity index (χ3v) is 3.79. The molecule has 0 saturated carbocycles. The Kier molecular flexibility index (Phi) is 3.40. The van der Waals surface area contributed by atoms with Crippen LogP contribution >= 0.6 is 0 Å². The van der Waals surface area contributed by atoms with Crippen LogP contribution in [0.1, 0.15) is 11.3 Å². The molecule has 118 valence electrons. The van der Waals surface area contributed by atoms with Gasteiger partial charge in [-0.2, -0.15) is 14.6 Å². The number of para-hydroxylation sites is 1. The maximum absolute atomic E-state index is 12.7. The third-order valence-electron chi connectivity index (χ3n) is 3.79. The van der Waals surface area contributed by atoms with E-state index in [1.807, 2.05) is 36.4 Å². The Balaban J connectivity index is 1.95. The van der Waals surface area contributed by atoms with E-state index < -0.39 is 0 Å². The molecule has 0 unspecified atom stereocenters. The number of nitrogens with zero attached hydrogens (tertiary/aromatic N) is 4. The molecule has 0 fully saturated rings. The maximum Gasteiger partial charge on any atom is 0.283 e. The third kappa shape index (κ3) is 2.37. The van der Waals surface area contributed by atoms with Crippen LogP contribution in [0.4, 0.5) is 5.82 Å². The van der Waals surface area contributed by atoms with E-state index in [1.54, 1.807) is 18.2 Å². The Hall–Kier alpha value is -3.32. The number of benzene rings is 2. The quantitative estimate of drug-likeness (QED) is 0.337. The predicted molar refractivity (Wildman–Crippen MR) is 91.6 cm³/mol. The minimum atomic E-state index is -0.249. The van der Waals surface area contributed by atoms with E-state index >= 15 is 0 Å². The summed E-state index contributed by atoms with van der Waals surface area (Å²) >= 11 is 0. The van der Waals surface area contributed by atoms with Crippen molar-refractivity contribution in [2.45, 2.75) is 6.42 Å². The summed E-state index contributed by atoms with van der Waals surface area (Å²) in [5.74, 6) is 6.19. The van der Waals surface area contributed by atoms with Gasteiger partial charge in [0.15, 0.2) is 5.82 Å². The van der Waals surface area contributed by atoms with Crippen molar-refractivity contribution in [3.8, 4) is 0 Å². The number of rotatable bonds is 3. The number of fused-ring (bicyclic) bond motifs is 2. The summed E-state index contributed by atoms with van der Waals surface area (Å²) < 4.78 is 1.22. The number of aromatic nitrogens is 4. The first-order valence-corrected chi connectivity index (χ1v) is 7.45. The smallest absolute Gasteiger partial charge is 0.283 e. The van der Waals surface area contributed by atoms with Crippen LogP contribution in [0.2, 0.25) is 0 Å². The van der Waals surface area contributed by atoms with Crippen molar-refractivity contribution in [1.82, 2.24) is 19.6 Å². The Morgan fingerprint density at radius 2 is 1.75 bits per heavy atom. The predicted octanol–water partition coefficient (Wildman–Crippen LogP) is 1.51. The summed E-state index contributed by atoms with van der Waals surface area (Å²) in [6, 6.07) is 16.9. The molecule has 2 heterocycles. The molecular weight excluding hydrogens is 304 g/mol.